The smallest absolute Gasteiger partial charge is 0.296 e. The van der Waals surface area contributed by atoms with Crippen molar-refractivity contribution in [3.63, 3.8) is 0 Å². The van der Waals surface area contributed by atoms with Gasteiger partial charge in [-0.1, -0.05) is 12.1 Å². The second-order valence-corrected chi connectivity index (χ2v) is 3.78. The second kappa shape index (κ2) is 4.01. The van der Waals surface area contributed by atoms with Gasteiger partial charge in [-0.05, 0) is 12.1 Å². The lowest BCUT2D eigenvalue weighted by Crippen LogP contribution is -2.37. The maximum absolute atomic E-state index is 13.1. The van der Waals surface area contributed by atoms with Gasteiger partial charge in [0.2, 0.25) is 0 Å². The molecule has 4 nitrogen and oxygen atoms in total. The molecule has 2 aromatic rings. The van der Waals surface area contributed by atoms with E-state index in [1.165, 1.54) is 35.9 Å². The minimum atomic E-state index is -0.434. The molecule has 0 unspecified atom stereocenters. The van der Waals surface area contributed by atoms with Gasteiger partial charge < -0.3 is 0 Å². The summed E-state index contributed by atoms with van der Waals surface area (Å²) in [6, 6.07) is 7.09. The summed E-state index contributed by atoms with van der Waals surface area (Å²) < 4.78 is 15.4. The SMILES string of the molecule is Cn1c(-c2cccc(F)c2)cc(=O)n(C)c1=O. The van der Waals surface area contributed by atoms with Gasteiger partial charge >= 0.3 is 5.69 Å². The summed E-state index contributed by atoms with van der Waals surface area (Å²) in [5.41, 5.74) is 0.0593. The van der Waals surface area contributed by atoms with E-state index in [-0.39, 0.29) is 0 Å². The zero-order valence-corrected chi connectivity index (χ0v) is 9.48. The molecule has 17 heavy (non-hydrogen) atoms. The highest BCUT2D eigenvalue weighted by Gasteiger charge is 2.08. The van der Waals surface area contributed by atoms with Crippen LogP contribution in [0.4, 0.5) is 4.39 Å². The maximum Gasteiger partial charge on any atom is 0.330 e. The number of aromatic nitrogens is 2. The fraction of sp³-hybridized carbons (Fsp3) is 0.167. The van der Waals surface area contributed by atoms with Crippen molar-refractivity contribution in [2.45, 2.75) is 0 Å². The third-order valence-corrected chi connectivity index (χ3v) is 2.65. The molecular weight excluding hydrogens is 223 g/mol. The number of hydrogen-bond acceptors (Lipinski definition) is 2. The van der Waals surface area contributed by atoms with E-state index in [1.54, 1.807) is 13.1 Å². The van der Waals surface area contributed by atoms with Crippen LogP contribution in [0.15, 0.2) is 39.9 Å². The number of halogens is 1. The van der Waals surface area contributed by atoms with Gasteiger partial charge in [-0.25, -0.2) is 9.18 Å². The van der Waals surface area contributed by atoms with Crippen molar-refractivity contribution < 1.29 is 4.39 Å². The topological polar surface area (TPSA) is 44.0 Å². The molecular formula is C12H11FN2O2. The standard InChI is InChI=1S/C12H11FN2O2/c1-14-10(7-11(16)15(2)12(14)17)8-4-3-5-9(13)6-8/h3-7H,1-2H3. The normalized spacial score (nSPS) is 10.5. The van der Waals surface area contributed by atoms with Crippen LogP contribution in [0.2, 0.25) is 0 Å². The van der Waals surface area contributed by atoms with Gasteiger partial charge in [-0.2, -0.15) is 0 Å². The van der Waals surface area contributed by atoms with Crippen molar-refractivity contribution in [1.29, 1.82) is 0 Å². The van der Waals surface area contributed by atoms with Crippen LogP contribution in [-0.4, -0.2) is 9.13 Å². The lowest BCUT2D eigenvalue weighted by atomic mass is 10.1. The monoisotopic (exact) mass is 234 g/mol. The number of rotatable bonds is 1. The van der Waals surface area contributed by atoms with E-state index in [0.717, 1.165) is 4.57 Å². The number of nitrogens with zero attached hydrogens (tertiary/aromatic N) is 2. The molecule has 88 valence electrons. The molecule has 2 rings (SSSR count). The molecule has 0 aliphatic heterocycles. The third-order valence-electron chi connectivity index (χ3n) is 2.65. The lowest BCUT2D eigenvalue weighted by molar-refractivity contribution is 0.627. The highest BCUT2D eigenvalue weighted by molar-refractivity contribution is 5.58. The Morgan fingerprint density at radius 1 is 1.06 bits per heavy atom. The Morgan fingerprint density at radius 2 is 1.76 bits per heavy atom. The van der Waals surface area contributed by atoms with Crippen molar-refractivity contribution >= 4 is 0 Å². The molecule has 0 radical (unpaired) electrons. The van der Waals surface area contributed by atoms with Gasteiger partial charge in [0.05, 0.1) is 5.69 Å². The van der Waals surface area contributed by atoms with Crippen molar-refractivity contribution in [3.05, 3.63) is 57.0 Å². The lowest BCUT2D eigenvalue weighted by Gasteiger charge is -2.09. The van der Waals surface area contributed by atoms with Crippen molar-refractivity contribution in [2.75, 3.05) is 0 Å². The van der Waals surface area contributed by atoms with Crippen molar-refractivity contribution in [2.24, 2.45) is 14.1 Å². The minimum absolute atomic E-state index is 0.401. The largest absolute Gasteiger partial charge is 0.330 e. The first-order valence-corrected chi connectivity index (χ1v) is 5.03. The molecule has 0 N–H and O–H groups in total. The average Bonchev–Trinajstić information content (AvgIpc) is 2.31. The summed E-state index contributed by atoms with van der Waals surface area (Å²) in [6.07, 6.45) is 0. The van der Waals surface area contributed by atoms with Gasteiger partial charge in [0.25, 0.3) is 5.56 Å². The minimum Gasteiger partial charge on any atom is -0.296 e. The van der Waals surface area contributed by atoms with E-state index in [0.29, 0.717) is 11.3 Å². The van der Waals surface area contributed by atoms with Crippen LogP contribution in [0.3, 0.4) is 0 Å². The number of benzene rings is 1. The molecule has 0 fully saturated rings. The first-order chi connectivity index (χ1) is 8.00. The fourth-order valence-electron chi connectivity index (χ4n) is 1.66. The van der Waals surface area contributed by atoms with E-state index < -0.39 is 17.1 Å². The van der Waals surface area contributed by atoms with E-state index in [4.69, 9.17) is 0 Å². The van der Waals surface area contributed by atoms with Crippen LogP contribution < -0.4 is 11.2 Å². The third kappa shape index (κ3) is 1.91. The molecule has 0 spiro atoms. The Balaban J connectivity index is 2.78. The van der Waals surface area contributed by atoms with Crippen LogP contribution in [0.25, 0.3) is 11.3 Å². The summed E-state index contributed by atoms with van der Waals surface area (Å²) >= 11 is 0. The van der Waals surface area contributed by atoms with E-state index in [1.807, 2.05) is 0 Å². The van der Waals surface area contributed by atoms with Crippen LogP contribution in [0, 0.1) is 5.82 Å². The molecule has 0 bridgehead atoms. The predicted molar refractivity (Wildman–Crippen MR) is 62.3 cm³/mol. The van der Waals surface area contributed by atoms with Crippen molar-refractivity contribution in [1.82, 2.24) is 9.13 Å². The predicted octanol–water partition coefficient (Wildman–Crippen LogP) is 0.890. The zero-order chi connectivity index (χ0) is 12.6. The van der Waals surface area contributed by atoms with Gasteiger partial charge in [0, 0.05) is 25.7 Å². The van der Waals surface area contributed by atoms with Gasteiger partial charge in [-0.15, -0.1) is 0 Å². The highest BCUT2D eigenvalue weighted by atomic mass is 19.1. The van der Waals surface area contributed by atoms with Crippen LogP contribution in [0.1, 0.15) is 0 Å². The Hall–Kier alpha value is -2.17. The second-order valence-electron chi connectivity index (χ2n) is 3.78. The van der Waals surface area contributed by atoms with E-state index >= 15 is 0 Å². The quantitative estimate of drug-likeness (QED) is 0.735. The van der Waals surface area contributed by atoms with Crippen molar-refractivity contribution in [3.8, 4) is 11.3 Å². The summed E-state index contributed by atoms with van der Waals surface area (Å²) in [4.78, 5) is 23.2. The Kier molecular flexibility index (Phi) is 2.67. The molecule has 1 aromatic carbocycles. The van der Waals surface area contributed by atoms with Gasteiger partial charge in [-0.3, -0.25) is 13.9 Å². The first-order valence-electron chi connectivity index (χ1n) is 5.03. The maximum atomic E-state index is 13.1. The summed E-state index contributed by atoms with van der Waals surface area (Å²) in [7, 11) is 2.95. The summed E-state index contributed by atoms with van der Waals surface area (Å²) in [6.45, 7) is 0. The first kappa shape index (κ1) is 11.3. The summed E-state index contributed by atoms with van der Waals surface area (Å²) in [5, 5.41) is 0. The molecule has 0 amide bonds. The Morgan fingerprint density at radius 3 is 2.41 bits per heavy atom. The molecule has 0 aliphatic carbocycles. The van der Waals surface area contributed by atoms with Crippen LogP contribution in [-0.2, 0) is 14.1 Å². The molecule has 0 atom stereocenters. The molecule has 1 aromatic heterocycles. The molecule has 0 saturated carbocycles. The molecule has 0 aliphatic rings. The summed E-state index contributed by atoms with van der Waals surface area (Å²) in [5.74, 6) is -0.407. The van der Waals surface area contributed by atoms with Crippen LogP contribution in [0.5, 0.6) is 0 Å². The highest BCUT2D eigenvalue weighted by Crippen LogP contribution is 2.16. The number of hydrogen-bond donors (Lipinski definition) is 0. The molecule has 5 heteroatoms. The molecule has 1 heterocycles. The fourth-order valence-corrected chi connectivity index (χ4v) is 1.66. The van der Waals surface area contributed by atoms with E-state index in [9.17, 15) is 14.0 Å². The Labute approximate surface area is 96.6 Å². The zero-order valence-electron chi connectivity index (χ0n) is 9.48. The van der Waals surface area contributed by atoms with Crippen LogP contribution >= 0.6 is 0 Å². The van der Waals surface area contributed by atoms with Gasteiger partial charge in [0.1, 0.15) is 5.82 Å². The van der Waals surface area contributed by atoms with Gasteiger partial charge in [0.15, 0.2) is 0 Å². The molecule has 0 saturated heterocycles. The Bertz CT molecular complexity index is 686. The average molecular weight is 234 g/mol. The van der Waals surface area contributed by atoms with E-state index in [2.05, 4.69) is 0 Å².